The molecule has 2 rings (SSSR count). The van der Waals surface area contributed by atoms with Crippen molar-refractivity contribution >= 4 is 29.7 Å². The molecule has 8 heteroatoms. The van der Waals surface area contributed by atoms with Crippen LogP contribution in [0.25, 0.3) is 0 Å². The number of carbonyl (C=O) groups is 3. The van der Waals surface area contributed by atoms with Crippen LogP contribution in [0.3, 0.4) is 0 Å². The fourth-order valence-electron chi connectivity index (χ4n) is 1.61. The molecule has 0 saturated heterocycles. The fourth-order valence-corrected chi connectivity index (χ4v) is 2.45. The highest BCUT2D eigenvalue weighted by molar-refractivity contribution is 7.99. The Kier molecular flexibility index (Phi) is 6.40. The Hall–Kier alpha value is -2.09. The van der Waals surface area contributed by atoms with E-state index in [9.17, 15) is 18.8 Å². The lowest BCUT2D eigenvalue weighted by Gasteiger charge is -2.06. The normalized spacial score (nSPS) is 13.3. The Bertz CT molecular complexity index is 575. The first kappa shape index (κ1) is 17.3. The predicted molar refractivity (Wildman–Crippen MR) is 82.4 cm³/mol. The third kappa shape index (κ3) is 7.14. The van der Waals surface area contributed by atoms with E-state index in [-0.39, 0.29) is 18.3 Å². The number of ether oxygens (including phenoxy) is 1. The third-order valence-electron chi connectivity index (χ3n) is 2.92. The first-order chi connectivity index (χ1) is 11.0. The molecule has 0 bridgehead atoms. The predicted octanol–water partition coefficient (Wildman–Crippen LogP) is 1.84. The molecule has 0 aromatic heterocycles. The molecular formula is C15H17FN2O4S. The number of amides is 3. The fraction of sp³-hybridized carbons (Fsp3) is 0.400. The molecule has 124 valence electrons. The van der Waals surface area contributed by atoms with Gasteiger partial charge in [-0.05, 0) is 37.1 Å². The van der Waals surface area contributed by atoms with Crippen LogP contribution in [0.1, 0.15) is 19.3 Å². The molecule has 3 amide bonds. The average Bonchev–Trinajstić information content (AvgIpc) is 3.31. The third-order valence-corrected chi connectivity index (χ3v) is 3.93. The quantitative estimate of drug-likeness (QED) is 0.584. The highest BCUT2D eigenvalue weighted by Crippen LogP contribution is 2.19. The van der Waals surface area contributed by atoms with Gasteiger partial charge in [-0.15, -0.1) is 11.8 Å². The minimum atomic E-state index is -0.664. The van der Waals surface area contributed by atoms with Crippen LogP contribution in [0.5, 0.6) is 0 Å². The first-order valence-corrected chi connectivity index (χ1v) is 8.16. The van der Waals surface area contributed by atoms with E-state index >= 15 is 0 Å². The summed E-state index contributed by atoms with van der Waals surface area (Å²) in [5.74, 6) is -1.06. The van der Waals surface area contributed by atoms with Gasteiger partial charge in [0, 0.05) is 16.7 Å². The van der Waals surface area contributed by atoms with Crippen LogP contribution in [0, 0.1) is 5.82 Å². The Morgan fingerprint density at radius 1 is 1.22 bits per heavy atom. The van der Waals surface area contributed by atoms with Gasteiger partial charge >= 0.3 is 12.0 Å². The van der Waals surface area contributed by atoms with Crippen molar-refractivity contribution in [3.63, 3.8) is 0 Å². The zero-order valence-electron chi connectivity index (χ0n) is 12.3. The van der Waals surface area contributed by atoms with Gasteiger partial charge in [0.1, 0.15) is 5.82 Å². The number of nitrogens with one attached hydrogen (secondary N) is 2. The number of esters is 1. The van der Waals surface area contributed by atoms with Crippen LogP contribution in [0.4, 0.5) is 9.18 Å². The lowest BCUT2D eigenvalue weighted by atomic mass is 10.4. The van der Waals surface area contributed by atoms with E-state index in [1.165, 1.54) is 23.9 Å². The van der Waals surface area contributed by atoms with Crippen molar-refractivity contribution in [1.82, 2.24) is 10.6 Å². The van der Waals surface area contributed by atoms with Crippen molar-refractivity contribution in [2.24, 2.45) is 0 Å². The summed E-state index contributed by atoms with van der Waals surface area (Å²) in [6.07, 6.45) is 1.95. The van der Waals surface area contributed by atoms with Gasteiger partial charge in [-0.3, -0.25) is 14.9 Å². The summed E-state index contributed by atoms with van der Waals surface area (Å²) in [7, 11) is 0. The van der Waals surface area contributed by atoms with Gasteiger partial charge in [0.2, 0.25) is 0 Å². The monoisotopic (exact) mass is 340 g/mol. The number of thioether (sulfide) groups is 1. The van der Waals surface area contributed by atoms with Crippen molar-refractivity contribution in [1.29, 1.82) is 0 Å². The molecule has 1 aromatic carbocycles. The summed E-state index contributed by atoms with van der Waals surface area (Å²) >= 11 is 1.38. The number of carbonyl (C=O) groups excluding carboxylic acids is 3. The summed E-state index contributed by atoms with van der Waals surface area (Å²) in [5.41, 5.74) is 0. The average molecular weight is 340 g/mol. The van der Waals surface area contributed by atoms with Crippen LogP contribution >= 0.6 is 11.8 Å². The van der Waals surface area contributed by atoms with E-state index in [0.717, 1.165) is 17.7 Å². The van der Waals surface area contributed by atoms with Crippen LogP contribution in [-0.4, -0.2) is 36.3 Å². The largest absolute Gasteiger partial charge is 0.456 e. The summed E-state index contributed by atoms with van der Waals surface area (Å²) in [6.45, 7) is -0.488. The smallest absolute Gasteiger partial charge is 0.321 e. The van der Waals surface area contributed by atoms with Gasteiger partial charge in [0.15, 0.2) is 6.61 Å². The van der Waals surface area contributed by atoms with Gasteiger partial charge in [-0.25, -0.2) is 9.18 Å². The molecule has 1 aromatic rings. The maximum Gasteiger partial charge on any atom is 0.321 e. The molecule has 0 heterocycles. The molecule has 1 aliphatic rings. The number of hydrogen-bond acceptors (Lipinski definition) is 5. The standard InChI is InChI=1S/C15H17FN2O4S/c16-10-1-5-12(6-2-10)23-8-7-14(20)22-9-13(19)18-15(21)17-11-3-4-11/h1-2,5-6,11H,3-4,7-9H2,(H2,17,18,19,21). The zero-order chi connectivity index (χ0) is 16.7. The Morgan fingerprint density at radius 3 is 2.57 bits per heavy atom. The van der Waals surface area contributed by atoms with Gasteiger partial charge in [-0.2, -0.15) is 0 Å². The summed E-state index contributed by atoms with van der Waals surface area (Å²) in [5, 5.41) is 4.67. The molecule has 0 aliphatic heterocycles. The molecule has 6 nitrogen and oxygen atoms in total. The molecule has 0 spiro atoms. The molecule has 0 atom stereocenters. The van der Waals surface area contributed by atoms with Crippen molar-refractivity contribution in [3.8, 4) is 0 Å². The Morgan fingerprint density at radius 2 is 1.91 bits per heavy atom. The molecule has 1 fully saturated rings. The zero-order valence-corrected chi connectivity index (χ0v) is 13.2. The lowest BCUT2D eigenvalue weighted by Crippen LogP contribution is -2.42. The number of imide groups is 1. The highest BCUT2D eigenvalue weighted by Gasteiger charge is 2.24. The Balaban J connectivity index is 1.56. The van der Waals surface area contributed by atoms with E-state index in [0.29, 0.717) is 5.75 Å². The van der Waals surface area contributed by atoms with Crippen LogP contribution in [0.15, 0.2) is 29.2 Å². The second-order valence-corrected chi connectivity index (χ2v) is 6.18. The van der Waals surface area contributed by atoms with E-state index in [1.807, 2.05) is 0 Å². The van der Waals surface area contributed by atoms with Gasteiger partial charge < -0.3 is 10.1 Å². The van der Waals surface area contributed by atoms with Crippen molar-refractivity contribution in [2.75, 3.05) is 12.4 Å². The molecule has 23 heavy (non-hydrogen) atoms. The van der Waals surface area contributed by atoms with Crippen molar-refractivity contribution < 1.29 is 23.5 Å². The van der Waals surface area contributed by atoms with Gasteiger partial charge in [0.25, 0.3) is 5.91 Å². The van der Waals surface area contributed by atoms with E-state index in [2.05, 4.69) is 10.6 Å². The minimum absolute atomic E-state index is 0.115. The SMILES string of the molecule is O=C(COC(=O)CCSc1ccc(F)cc1)NC(=O)NC1CC1. The van der Waals surface area contributed by atoms with Crippen molar-refractivity contribution in [3.05, 3.63) is 30.1 Å². The maximum absolute atomic E-state index is 12.7. The number of urea groups is 1. The van der Waals surface area contributed by atoms with E-state index < -0.39 is 24.5 Å². The summed E-state index contributed by atoms with van der Waals surface area (Å²) in [4.78, 5) is 35.0. The highest BCUT2D eigenvalue weighted by atomic mass is 32.2. The van der Waals surface area contributed by atoms with Crippen LogP contribution in [-0.2, 0) is 14.3 Å². The topological polar surface area (TPSA) is 84.5 Å². The number of rotatable bonds is 7. The molecule has 1 saturated carbocycles. The minimum Gasteiger partial charge on any atom is -0.456 e. The summed E-state index contributed by atoms with van der Waals surface area (Å²) < 4.78 is 17.5. The van der Waals surface area contributed by atoms with Gasteiger partial charge in [-0.1, -0.05) is 0 Å². The number of benzene rings is 1. The molecule has 0 unspecified atom stereocenters. The van der Waals surface area contributed by atoms with E-state index in [4.69, 9.17) is 4.74 Å². The van der Waals surface area contributed by atoms with Crippen LogP contribution in [0.2, 0.25) is 0 Å². The Labute approximate surface area is 137 Å². The molecule has 0 radical (unpaired) electrons. The van der Waals surface area contributed by atoms with Crippen molar-refractivity contribution in [2.45, 2.75) is 30.2 Å². The lowest BCUT2D eigenvalue weighted by molar-refractivity contribution is -0.147. The maximum atomic E-state index is 12.7. The van der Waals surface area contributed by atoms with E-state index in [1.54, 1.807) is 12.1 Å². The molecular weight excluding hydrogens is 323 g/mol. The molecule has 1 aliphatic carbocycles. The second-order valence-electron chi connectivity index (χ2n) is 5.01. The second kappa shape index (κ2) is 8.52. The molecule has 2 N–H and O–H groups in total. The van der Waals surface area contributed by atoms with Crippen LogP contribution < -0.4 is 10.6 Å². The number of halogens is 1. The van der Waals surface area contributed by atoms with Gasteiger partial charge in [0.05, 0.1) is 6.42 Å². The first-order valence-electron chi connectivity index (χ1n) is 7.17. The summed E-state index contributed by atoms with van der Waals surface area (Å²) in [6, 6.07) is 5.51. The number of hydrogen-bond donors (Lipinski definition) is 2.